The van der Waals surface area contributed by atoms with Gasteiger partial charge in [-0.2, -0.15) is 0 Å². The fourth-order valence-corrected chi connectivity index (χ4v) is 9.59. The maximum absolute atomic E-state index is 5.74. The van der Waals surface area contributed by atoms with Gasteiger partial charge in [0.1, 0.15) is 0 Å². The maximum atomic E-state index is 5.74. The molecule has 0 bridgehead atoms. The Labute approximate surface area is 129 Å². The van der Waals surface area contributed by atoms with E-state index in [1.165, 1.54) is 38.5 Å². The van der Waals surface area contributed by atoms with E-state index in [4.69, 9.17) is 20.9 Å². The van der Waals surface area contributed by atoms with E-state index in [1.807, 2.05) is 13.8 Å². The Morgan fingerprint density at radius 2 is 1.67 bits per heavy atom. The molecule has 0 N–H and O–H groups in total. The Bertz CT molecular complexity index is 269. The van der Waals surface area contributed by atoms with Crippen LogP contribution in [-0.2, 0) is 20.9 Å². The fourth-order valence-electron chi connectivity index (χ4n) is 2.10. The molecule has 0 unspecified atom stereocenters. The van der Waals surface area contributed by atoms with Gasteiger partial charge in [0.15, 0.2) is 0 Å². The van der Waals surface area contributed by atoms with Gasteiger partial charge < -0.3 is 9.05 Å². The van der Waals surface area contributed by atoms with Crippen LogP contribution in [0.3, 0.4) is 0 Å². The molecule has 0 spiro atoms. The molecule has 1 fully saturated rings. The average Bonchev–Trinajstić information content (AvgIpc) is 2.30. The van der Waals surface area contributed by atoms with Gasteiger partial charge in [0.25, 0.3) is 0 Å². The average molecular weight is 375 g/mol. The molecular weight excluding hydrogens is 351 g/mol. The first-order chi connectivity index (χ1) is 8.61. The van der Waals surface area contributed by atoms with Gasteiger partial charge in [0.05, 0.1) is 13.2 Å². The van der Waals surface area contributed by atoms with Crippen molar-refractivity contribution in [3.8, 4) is 0 Å². The van der Waals surface area contributed by atoms with Gasteiger partial charge >= 0.3 is 0 Å². The van der Waals surface area contributed by atoms with Gasteiger partial charge in [-0.1, -0.05) is 53.0 Å². The summed E-state index contributed by atoms with van der Waals surface area (Å²) in [5.41, 5.74) is -2.14. The zero-order valence-electron chi connectivity index (χ0n) is 11.3. The Morgan fingerprint density at radius 3 is 2.22 bits per heavy atom. The summed E-state index contributed by atoms with van der Waals surface area (Å²) in [5.74, 6) is 0. The van der Waals surface area contributed by atoms with Crippen molar-refractivity contribution in [2.24, 2.45) is 0 Å². The lowest BCUT2D eigenvalue weighted by molar-refractivity contribution is 0.280. The van der Waals surface area contributed by atoms with Crippen LogP contribution in [0.15, 0.2) is 0 Å². The molecule has 1 rings (SSSR count). The van der Waals surface area contributed by atoms with Crippen molar-refractivity contribution in [2.75, 3.05) is 13.2 Å². The summed E-state index contributed by atoms with van der Waals surface area (Å²) in [6.07, 6.45) is 7.80. The van der Waals surface area contributed by atoms with Crippen molar-refractivity contribution >= 4 is 44.8 Å². The van der Waals surface area contributed by atoms with E-state index in [0.29, 0.717) is 23.3 Å². The molecule has 2 nitrogen and oxygen atoms in total. The van der Waals surface area contributed by atoms with Crippen LogP contribution in [0.25, 0.3) is 0 Å². The summed E-state index contributed by atoms with van der Waals surface area (Å²) in [5, 5.41) is 0.536. The zero-order chi connectivity index (χ0) is 13.4. The number of halogens is 1. The zero-order valence-corrected chi connectivity index (χ0v) is 15.4. The molecule has 0 aromatic carbocycles. The van der Waals surface area contributed by atoms with E-state index >= 15 is 0 Å². The summed E-state index contributed by atoms with van der Waals surface area (Å²) in [6.45, 7) is 5.27. The number of alkyl halides is 1. The molecule has 1 aliphatic rings. The van der Waals surface area contributed by atoms with Crippen molar-refractivity contribution in [1.82, 2.24) is 0 Å². The molecular formula is C12H24BrO2PS2. The van der Waals surface area contributed by atoms with Crippen molar-refractivity contribution in [2.45, 2.75) is 62.4 Å². The first-order valence-corrected chi connectivity index (χ1v) is 11.9. The van der Waals surface area contributed by atoms with Gasteiger partial charge in [0, 0.05) is 10.1 Å². The number of hydrogen-bond donors (Lipinski definition) is 0. The number of hydrogen-bond acceptors (Lipinski definition) is 4. The normalized spacial score (nSPS) is 26.6. The lowest BCUT2D eigenvalue weighted by Gasteiger charge is -2.29. The Balaban J connectivity index is 2.61. The third-order valence-electron chi connectivity index (χ3n) is 2.96. The van der Waals surface area contributed by atoms with E-state index < -0.39 is 5.69 Å². The molecule has 0 aromatic heterocycles. The SMILES string of the molecule is CCOP(=S)(OCC)S[C@H]1CCCCCC[C@H]1Br. The minimum atomic E-state index is -2.14. The molecule has 0 aliphatic heterocycles. The van der Waals surface area contributed by atoms with Gasteiger partial charge in [-0.15, -0.1) is 0 Å². The quantitative estimate of drug-likeness (QED) is 0.450. The molecule has 2 atom stereocenters. The van der Waals surface area contributed by atoms with E-state index in [1.54, 1.807) is 11.4 Å². The highest BCUT2D eigenvalue weighted by molar-refractivity contribution is 9.09. The lowest BCUT2D eigenvalue weighted by Crippen LogP contribution is -2.19. The van der Waals surface area contributed by atoms with Crippen molar-refractivity contribution in [1.29, 1.82) is 0 Å². The van der Waals surface area contributed by atoms with Gasteiger partial charge in [-0.25, -0.2) is 0 Å². The van der Waals surface area contributed by atoms with Crippen molar-refractivity contribution in [3.05, 3.63) is 0 Å². The summed E-state index contributed by atoms with van der Waals surface area (Å²) >= 11 is 11.2. The van der Waals surface area contributed by atoms with E-state index in [-0.39, 0.29) is 0 Å². The van der Waals surface area contributed by atoms with Gasteiger partial charge in [0.2, 0.25) is 5.69 Å². The molecule has 108 valence electrons. The summed E-state index contributed by atoms with van der Waals surface area (Å²) in [7, 11) is 0. The first kappa shape index (κ1) is 17.5. The minimum absolute atomic E-state index is 0.536. The molecule has 0 aromatic rings. The predicted octanol–water partition coefficient (Wildman–Crippen LogP) is 5.50. The van der Waals surface area contributed by atoms with Crippen LogP contribution in [-0.4, -0.2) is 23.3 Å². The van der Waals surface area contributed by atoms with E-state index in [0.717, 1.165) is 0 Å². The third kappa shape index (κ3) is 6.23. The topological polar surface area (TPSA) is 18.5 Å². The molecule has 0 heterocycles. The summed E-state index contributed by atoms with van der Waals surface area (Å²) in [6, 6.07) is 0. The van der Waals surface area contributed by atoms with E-state index in [2.05, 4.69) is 15.9 Å². The van der Waals surface area contributed by atoms with Crippen molar-refractivity contribution in [3.63, 3.8) is 0 Å². The monoisotopic (exact) mass is 374 g/mol. The Morgan fingerprint density at radius 1 is 1.11 bits per heavy atom. The maximum Gasteiger partial charge on any atom is 0.247 e. The smallest absolute Gasteiger partial charge is 0.247 e. The molecule has 0 saturated heterocycles. The highest BCUT2D eigenvalue weighted by Gasteiger charge is 2.29. The van der Waals surface area contributed by atoms with Crippen LogP contribution in [0.4, 0.5) is 0 Å². The Kier molecular flexibility index (Phi) is 9.07. The standard InChI is InChI=1S/C12H24BrO2PS2/c1-3-14-16(17,15-4-2)18-12-10-8-6-5-7-9-11(12)13/h11-12H,3-10H2,1-2H3/t11-,12+/m1/s1. The Hall–Kier alpha value is 1.40. The van der Waals surface area contributed by atoms with Crippen LogP contribution in [0, 0.1) is 0 Å². The summed E-state index contributed by atoms with van der Waals surface area (Å²) in [4.78, 5) is 0.547. The third-order valence-corrected chi connectivity index (χ3v) is 10.3. The second-order valence-electron chi connectivity index (χ2n) is 4.43. The molecule has 1 saturated carbocycles. The molecule has 18 heavy (non-hydrogen) atoms. The van der Waals surface area contributed by atoms with Crippen LogP contribution < -0.4 is 0 Å². The van der Waals surface area contributed by atoms with E-state index in [9.17, 15) is 0 Å². The second-order valence-corrected chi connectivity index (χ2v) is 12.0. The van der Waals surface area contributed by atoms with Crippen LogP contribution in [0.5, 0.6) is 0 Å². The minimum Gasteiger partial charge on any atom is -0.322 e. The largest absolute Gasteiger partial charge is 0.322 e. The summed E-state index contributed by atoms with van der Waals surface area (Å²) < 4.78 is 11.5. The highest BCUT2D eigenvalue weighted by atomic mass is 79.9. The fraction of sp³-hybridized carbons (Fsp3) is 1.00. The van der Waals surface area contributed by atoms with Crippen LogP contribution >= 0.6 is 33.0 Å². The molecule has 0 radical (unpaired) electrons. The van der Waals surface area contributed by atoms with Gasteiger partial charge in [-0.3, -0.25) is 0 Å². The molecule has 0 amide bonds. The highest BCUT2D eigenvalue weighted by Crippen LogP contribution is 2.64. The lowest BCUT2D eigenvalue weighted by atomic mass is 10.0. The molecule has 6 heteroatoms. The van der Waals surface area contributed by atoms with Crippen LogP contribution in [0.2, 0.25) is 0 Å². The number of rotatable bonds is 6. The predicted molar refractivity (Wildman–Crippen MR) is 89.3 cm³/mol. The molecule has 1 aliphatic carbocycles. The first-order valence-electron chi connectivity index (χ1n) is 6.83. The van der Waals surface area contributed by atoms with Crippen LogP contribution in [0.1, 0.15) is 52.4 Å². The van der Waals surface area contributed by atoms with Gasteiger partial charge in [-0.05, 0) is 38.5 Å². The van der Waals surface area contributed by atoms with Crippen molar-refractivity contribution < 1.29 is 9.05 Å². The second kappa shape index (κ2) is 9.36.